The zero-order chi connectivity index (χ0) is 25.5. The highest BCUT2D eigenvalue weighted by Crippen LogP contribution is 2.23. The topological polar surface area (TPSA) is 77.5 Å². The number of nitrogens with zero attached hydrogens (tertiary/aromatic N) is 6. The third-order valence-electron chi connectivity index (χ3n) is 6.95. The Labute approximate surface area is 219 Å². The summed E-state index contributed by atoms with van der Waals surface area (Å²) in [5.41, 5.74) is 4.23. The lowest BCUT2D eigenvalue weighted by Gasteiger charge is -2.34. The highest BCUT2D eigenvalue weighted by atomic mass is 16.1. The van der Waals surface area contributed by atoms with Crippen LogP contribution in [0.3, 0.4) is 0 Å². The minimum absolute atomic E-state index is 0.320. The van der Waals surface area contributed by atoms with Crippen molar-refractivity contribution in [3.05, 3.63) is 79.0 Å². The summed E-state index contributed by atoms with van der Waals surface area (Å²) in [5, 5.41) is 3.45. The number of hydrogen-bond donors (Lipinski definition) is 1. The van der Waals surface area contributed by atoms with E-state index in [0.717, 1.165) is 80.7 Å². The smallest absolute Gasteiger partial charge is 0.146 e. The molecule has 0 aliphatic carbocycles. The van der Waals surface area contributed by atoms with Crippen LogP contribution in [0.5, 0.6) is 0 Å². The van der Waals surface area contributed by atoms with Crippen molar-refractivity contribution in [2.75, 3.05) is 51.1 Å². The fourth-order valence-corrected chi connectivity index (χ4v) is 4.97. The molecule has 1 aromatic carbocycles. The second kappa shape index (κ2) is 12.2. The largest absolute Gasteiger partial charge is 0.340 e. The van der Waals surface area contributed by atoms with Crippen LogP contribution in [-0.2, 0) is 17.9 Å². The number of carbonyl (C=O) groups is 1. The summed E-state index contributed by atoms with van der Waals surface area (Å²) in [7, 11) is 0. The molecular formula is C29H35N7O. The molecule has 0 amide bonds. The summed E-state index contributed by atoms with van der Waals surface area (Å²) >= 11 is 0. The number of piperazine rings is 1. The molecule has 8 rings (SSSR count). The number of pyridine rings is 1. The van der Waals surface area contributed by atoms with Gasteiger partial charge in [0.05, 0.1) is 13.1 Å². The van der Waals surface area contributed by atoms with Gasteiger partial charge in [0.2, 0.25) is 0 Å². The van der Waals surface area contributed by atoms with Crippen LogP contribution < -0.4 is 5.32 Å². The molecule has 192 valence electrons. The molecule has 8 heteroatoms. The summed E-state index contributed by atoms with van der Waals surface area (Å²) in [6.45, 7) is 11.3. The number of anilines is 2. The first-order valence-electron chi connectivity index (χ1n) is 13.1. The molecule has 0 unspecified atom stereocenters. The van der Waals surface area contributed by atoms with Gasteiger partial charge in [0.25, 0.3) is 0 Å². The van der Waals surface area contributed by atoms with Crippen molar-refractivity contribution < 1.29 is 4.79 Å². The minimum atomic E-state index is 0.320. The van der Waals surface area contributed by atoms with Gasteiger partial charge in [-0.05, 0) is 48.4 Å². The Hall–Kier alpha value is -3.46. The lowest BCUT2D eigenvalue weighted by Crippen LogP contribution is -2.47. The summed E-state index contributed by atoms with van der Waals surface area (Å²) in [4.78, 5) is 33.4. The van der Waals surface area contributed by atoms with E-state index in [2.05, 4.69) is 65.8 Å². The standard InChI is InChI=1S/C29H35N7O/c1-2-10-34-11-4-7-27(37)21-36-14-12-35(13-15-36)20-23-5-3-6-26(16-23)33-28-17-24(8-9-30-28)25-18-31-29(22-34)32-19-25/h2-3,5-6,8-9,16-19H,1,4,7,10-15,20-22H2,(H,30,33). The number of carbonyl (C=O) groups excluding carboxylic acids is 1. The van der Waals surface area contributed by atoms with Gasteiger partial charge in [0, 0.05) is 75.5 Å². The van der Waals surface area contributed by atoms with Crippen molar-refractivity contribution in [1.82, 2.24) is 29.7 Å². The number of Topliss-reactive ketones (excluding diaryl/α,β-unsaturated/α-hetero) is 1. The third-order valence-corrected chi connectivity index (χ3v) is 6.95. The quantitative estimate of drug-likeness (QED) is 0.537. The normalized spacial score (nSPS) is 21.4. The van der Waals surface area contributed by atoms with Gasteiger partial charge in [0.1, 0.15) is 17.4 Å². The van der Waals surface area contributed by atoms with E-state index in [4.69, 9.17) is 0 Å². The predicted octanol–water partition coefficient (Wildman–Crippen LogP) is 3.75. The van der Waals surface area contributed by atoms with Gasteiger partial charge in [-0.25, -0.2) is 15.0 Å². The van der Waals surface area contributed by atoms with Gasteiger partial charge >= 0.3 is 0 Å². The number of aromatic nitrogens is 3. The van der Waals surface area contributed by atoms with Crippen molar-refractivity contribution in [2.45, 2.75) is 25.9 Å². The fraction of sp³-hybridized carbons (Fsp3) is 0.379. The average molecular weight is 498 g/mol. The average Bonchev–Trinajstić information content (AvgIpc) is 2.90. The van der Waals surface area contributed by atoms with E-state index in [1.165, 1.54) is 5.56 Å². The van der Waals surface area contributed by atoms with Crippen molar-refractivity contribution in [2.24, 2.45) is 0 Å². The molecule has 1 N–H and O–H groups in total. The molecule has 7 heterocycles. The summed E-state index contributed by atoms with van der Waals surface area (Å²) in [5.74, 6) is 1.87. The van der Waals surface area contributed by atoms with E-state index >= 15 is 0 Å². The molecule has 2 aromatic heterocycles. The van der Waals surface area contributed by atoms with E-state index in [1.807, 2.05) is 36.8 Å². The lowest BCUT2D eigenvalue weighted by atomic mass is 10.1. The first-order valence-corrected chi connectivity index (χ1v) is 13.1. The number of rotatable bonds is 2. The van der Waals surface area contributed by atoms with E-state index in [1.54, 1.807) is 0 Å². The first kappa shape index (κ1) is 25.2. The summed E-state index contributed by atoms with van der Waals surface area (Å²) in [6.07, 6.45) is 8.86. The molecule has 1 saturated heterocycles. The van der Waals surface area contributed by atoms with Crippen LogP contribution in [0.2, 0.25) is 0 Å². The van der Waals surface area contributed by atoms with E-state index in [0.29, 0.717) is 25.3 Å². The Morgan fingerprint density at radius 1 is 0.892 bits per heavy atom. The molecule has 8 bridgehead atoms. The van der Waals surface area contributed by atoms with Crippen LogP contribution >= 0.6 is 0 Å². The highest BCUT2D eigenvalue weighted by molar-refractivity contribution is 5.80. The second-order valence-corrected chi connectivity index (χ2v) is 9.86. The van der Waals surface area contributed by atoms with Crippen LogP contribution in [0.25, 0.3) is 11.1 Å². The highest BCUT2D eigenvalue weighted by Gasteiger charge is 2.19. The third kappa shape index (κ3) is 7.07. The van der Waals surface area contributed by atoms with Crippen LogP contribution in [0.15, 0.2) is 67.6 Å². The SMILES string of the molecule is C=CCN1CCCC(=O)CN2CCN(CC2)Cc2cccc(c2)Nc2cc(ccn2)-c2cnc(nc2)C1. The van der Waals surface area contributed by atoms with Gasteiger partial charge in [0.15, 0.2) is 0 Å². The number of ketones is 1. The van der Waals surface area contributed by atoms with Gasteiger partial charge in [-0.3, -0.25) is 19.5 Å². The molecule has 0 radical (unpaired) electrons. The molecule has 3 aromatic rings. The van der Waals surface area contributed by atoms with Gasteiger partial charge in [-0.1, -0.05) is 18.2 Å². The van der Waals surface area contributed by atoms with Crippen molar-refractivity contribution >= 4 is 17.3 Å². The molecule has 5 aliphatic rings. The molecule has 0 atom stereocenters. The Balaban J connectivity index is 1.38. The minimum Gasteiger partial charge on any atom is -0.340 e. The molecular weight excluding hydrogens is 462 g/mol. The van der Waals surface area contributed by atoms with Crippen LogP contribution in [0, 0.1) is 0 Å². The Bertz CT molecular complexity index is 1200. The molecule has 37 heavy (non-hydrogen) atoms. The van der Waals surface area contributed by atoms with Gasteiger partial charge < -0.3 is 5.32 Å². The van der Waals surface area contributed by atoms with Crippen LogP contribution in [-0.4, -0.2) is 81.2 Å². The zero-order valence-corrected chi connectivity index (χ0v) is 21.4. The maximum absolute atomic E-state index is 12.7. The Kier molecular flexibility index (Phi) is 8.30. The van der Waals surface area contributed by atoms with E-state index < -0.39 is 0 Å². The Morgan fingerprint density at radius 2 is 1.68 bits per heavy atom. The molecule has 0 spiro atoms. The number of hydrogen-bond acceptors (Lipinski definition) is 8. The van der Waals surface area contributed by atoms with Gasteiger partial charge in [-0.2, -0.15) is 0 Å². The maximum Gasteiger partial charge on any atom is 0.146 e. The number of benzene rings is 1. The summed E-state index contributed by atoms with van der Waals surface area (Å²) < 4.78 is 0. The van der Waals surface area contributed by atoms with Crippen LogP contribution in [0.1, 0.15) is 24.2 Å². The second-order valence-electron chi connectivity index (χ2n) is 9.86. The van der Waals surface area contributed by atoms with E-state index in [-0.39, 0.29) is 0 Å². The number of nitrogens with one attached hydrogen (secondary N) is 1. The van der Waals surface area contributed by atoms with Crippen molar-refractivity contribution in [3.63, 3.8) is 0 Å². The zero-order valence-electron chi connectivity index (χ0n) is 21.4. The van der Waals surface area contributed by atoms with Crippen molar-refractivity contribution in [1.29, 1.82) is 0 Å². The van der Waals surface area contributed by atoms with E-state index in [9.17, 15) is 4.79 Å². The summed E-state index contributed by atoms with van der Waals surface area (Å²) in [6, 6.07) is 12.5. The van der Waals surface area contributed by atoms with Gasteiger partial charge in [-0.15, -0.1) is 6.58 Å². The predicted molar refractivity (Wildman–Crippen MR) is 146 cm³/mol. The monoisotopic (exact) mass is 497 g/mol. The van der Waals surface area contributed by atoms with Crippen molar-refractivity contribution in [3.8, 4) is 11.1 Å². The first-order chi connectivity index (χ1) is 18.1. The lowest BCUT2D eigenvalue weighted by molar-refractivity contribution is -0.120. The molecule has 1 fully saturated rings. The maximum atomic E-state index is 12.7. The fourth-order valence-electron chi connectivity index (χ4n) is 4.97. The van der Waals surface area contributed by atoms with Crippen LogP contribution in [0.4, 0.5) is 11.5 Å². The molecule has 0 saturated carbocycles. The molecule has 8 nitrogen and oxygen atoms in total. The molecule has 5 aliphatic heterocycles. The Morgan fingerprint density at radius 3 is 2.46 bits per heavy atom.